The number of carbonyl (C=O) groups is 3. The van der Waals surface area contributed by atoms with E-state index in [1.165, 1.54) is 0 Å². The van der Waals surface area contributed by atoms with Crippen LogP contribution in [0, 0.1) is 11.8 Å². The highest BCUT2D eigenvalue weighted by Gasteiger charge is 2.64. The fourth-order valence-electron chi connectivity index (χ4n) is 4.43. The normalized spacial score (nSPS) is 26.3. The number of hydrogen-bond acceptors (Lipinski definition) is 5. The van der Waals surface area contributed by atoms with Gasteiger partial charge in [0.2, 0.25) is 17.7 Å². The predicted molar refractivity (Wildman–Crippen MR) is 118 cm³/mol. The summed E-state index contributed by atoms with van der Waals surface area (Å²) in [6.07, 6.45) is 5.07. The van der Waals surface area contributed by atoms with Crippen molar-refractivity contribution < 1.29 is 14.4 Å². The maximum Gasteiger partial charge on any atom is 0.249 e. The fraction of sp³-hybridized carbons (Fsp3) is 0.182. The van der Waals surface area contributed by atoms with Gasteiger partial charge in [-0.25, -0.2) is 4.90 Å². The molecule has 0 spiro atoms. The van der Waals surface area contributed by atoms with E-state index in [-0.39, 0.29) is 5.91 Å². The van der Waals surface area contributed by atoms with Gasteiger partial charge >= 0.3 is 0 Å². The molecule has 31 heavy (non-hydrogen) atoms. The molecule has 2 fully saturated rings. The predicted octanol–water partition coefficient (Wildman–Crippen LogP) is 3.35. The third kappa shape index (κ3) is 3.21. The summed E-state index contributed by atoms with van der Waals surface area (Å²) in [6.45, 7) is 0. The molecule has 0 aliphatic carbocycles. The number of benzene rings is 2. The van der Waals surface area contributed by atoms with Crippen molar-refractivity contribution in [3.63, 3.8) is 0 Å². The number of nitrogens with one attached hydrogen (secondary N) is 1. The number of imide groups is 1. The van der Waals surface area contributed by atoms with Crippen LogP contribution in [-0.4, -0.2) is 41.0 Å². The summed E-state index contributed by atoms with van der Waals surface area (Å²) in [6, 6.07) is 11.7. The molecule has 2 aromatic carbocycles. The van der Waals surface area contributed by atoms with E-state index in [1.807, 2.05) is 0 Å². The van der Waals surface area contributed by atoms with Crippen LogP contribution in [0.5, 0.6) is 0 Å². The Hall–Kier alpha value is -3.16. The number of allylic oxidation sites excluding steroid dienone is 1. The molecule has 0 radical (unpaired) electrons. The highest BCUT2D eigenvalue weighted by atomic mass is 35.5. The zero-order valence-corrected chi connectivity index (χ0v) is 17.5. The summed E-state index contributed by atoms with van der Waals surface area (Å²) in [7, 11) is 0. The number of nitrogens with zero attached hydrogens (tertiary/aromatic N) is 3. The molecule has 5 rings (SSSR count). The Labute approximate surface area is 187 Å². The van der Waals surface area contributed by atoms with Crippen LogP contribution in [0.25, 0.3) is 0 Å². The van der Waals surface area contributed by atoms with E-state index < -0.39 is 35.7 Å². The third-order valence-corrected chi connectivity index (χ3v) is 6.26. The molecule has 0 bridgehead atoms. The monoisotopic (exact) mass is 454 g/mol. The fourth-order valence-corrected chi connectivity index (χ4v) is 4.68. The summed E-state index contributed by atoms with van der Waals surface area (Å²) in [5, 5.41) is 9.72. The second kappa shape index (κ2) is 7.51. The second-order valence-corrected chi connectivity index (χ2v) is 8.37. The van der Waals surface area contributed by atoms with Gasteiger partial charge in [0.1, 0.15) is 6.04 Å². The zero-order chi connectivity index (χ0) is 21.7. The number of halogens is 2. The molecule has 2 saturated heterocycles. The van der Waals surface area contributed by atoms with Gasteiger partial charge in [0, 0.05) is 21.9 Å². The minimum Gasteiger partial charge on any atom is -0.324 e. The summed E-state index contributed by atoms with van der Waals surface area (Å²) in [5.41, 5.74) is 0.970. The lowest BCUT2D eigenvalue weighted by molar-refractivity contribution is -0.129. The van der Waals surface area contributed by atoms with E-state index in [0.29, 0.717) is 21.4 Å². The summed E-state index contributed by atoms with van der Waals surface area (Å²) >= 11 is 11.9. The number of fused-ring (bicyclic) bond motifs is 3. The topological polar surface area (TPSA) is 82.1 Å². The third-order valence-electron chi connectivity index (χ3n) is 5.76. The highest BCUT2D eigenvalue weighted by Crippen LogP contribution is 2.45. The average molecular weight is 455 g/mol. The SMILES string of the molecule is O=C(Nc1ccc(Cl)cc1)[C@H]1[C@@H]2C(=O)N(c3ccc(Cl)cc3)C(=O)[C@@H]2[C@H]2C=CC=NN21. The van der Waals surface area contributed by atoms with Crippen LogP contribution >= 0.6 is 23.2 Å². The number of anilines is 2. The van der Waals surface area contributed by atoms with Crippen LogP contribution in [0.2, 0.25) is 10.0 Å². The van der Waals surface area contributed by atoms with Crippen LogP contribution < -0.4 is 10.2 Å². The molecule has 0 unspecified atom stereocenters. The van der Waals surface area contributed by atoms with Crippen molar-refractivity contribution in [3.8, 4) is 0 Å². The van der Waals surface area contributed by atoms with E-state index >= 15 is 0 Å². The van der Waals surface area contributed by atoms with E-state index in [4.69, 9.17) is 23.2 Å². The van der Waals surface area contributed by atoms with Gasteiger partial charge in [-0.15, -0.1) is 0 Å². The number of rotatable bonds is 3. The standard InChI is InChI=1S/C22H16Cl2N4O3/c23-12-3-7-14(8-4-12)26-20(29)19-18-17(16-2-1-11-25-28(16)19)21(30)27(22(18)31)15-9-5-13(24)6-10-15/h1-11,16-19H,(H,26,29)/t16-,17-,18-,19-/m1/s1. The van der Waals surface area contributed by atoms with Crippen molar-refractivity contribution in [1.29, 1.82) is 0 Å². The molecule has 3 aliphatic heterocycles. The Morgan fingerprint density at radius 3 is 2.19 bits per heavy atom. The Morgan fingerprint density at radius 2 is 1.52 bits per heavy atom. The maximum absolute atomic E-state index is 13.4. The van der Waals surface area contributed by atoms with Gasteiger partial charge in [-0.1, -0.05) is 29.3 Å². The van der Waals surface area contributed by atoms with Gasteiger partial charge in [0.05, 0.1) is 23.6 Å². The van der Waals surface area contributed by atoms with Crippen LogP contribution in [0.1, 0.15) is 0 Å². The van der Waals surface area contributed by atoms with Crippen LogP contribution in [0.3, 0.4) is 0 Å². The molecule has 3 heterocycles. The first-order valence-electron chi connectivity index (χ1n) is 9.64. The highest BCUT2D eigenvalue weighted by molar-refractivity contribution is 6.31. The Kier molecular flexibility index (Phi) is 4.79. The number of carbonyl (C=O) groups excluding carboxylic acids is 3. The molecule has 4 atom stereocenters. The van der Waals surface area contributed by atoms with Gasteiger partial charge in [-0.2, -0.15) is 5.10 Å². The van der Waals surface area contributed by atoms with Gasteiger partial charge in [0.15, 0.2) is 0 Å². The van der Waals surface area contributed by atoms with Crippen molar-refractivity contribution in [2.24, 2.45) is 16.9 Å². The summed E-state index contributed by atoms with van der Waals surface area (Å²) in [5.74, 6) is -2.76. The van der Waals surface area contributed by atoms with Crippen LogP contribution in [-0.2, 0) is 14.4 Å². The quantitative estimate of drug-likeness (QED) is 0.720. The molecule has 3 aliphatic rings. The molecule has 0 saturated carbocycles. The number of hydrazone groups is 1. The Bertz CT molecular complexity index is 1120. The first-order chi connectivity index (χ1) is 15.0. The van der Waals surface area contributed by atoms with E-state index in [1.54, 1.807) is 71.9 Å². The average Bonchev–Trinajstić information content (AvgIpc) is 3.24. The Morgan fingerprint density at radius 1 is 0.903 bits per heavy atom. The first-order valence-corrected chi connectivity index (χ1v) is 10.4. The lowest BCUT2D eigenvalue weighted by atomic mass is 9.88. The van der Waals surface area contributed by atoms with E-state index in [2.05, 4.69) is 10.4 Å². The van der Waals surface area contributed by atoms with Crippen molar-refractivity contribution in [2.75, 3.05) is 10.2 Å². The molecule has 0 aromatic heterocycles. The minimum atomic E-state index is -0.930. The zero-order valence-electron chi connectivity index (χ0n) is 16.0. The van der Waals surface area contributed by atoms with Crippen molar-refractivity contribution >= 4 is 58.5 Å². The Balaban J connectivity index is 1.50. The molecule has 9 heteroatoms. The molecular weight excluding hydrogens is 439 g/mol. The van der Waals surface area contributed by atoms with Crippen molar-refractivity contribution in [2.45, 2.75) is 12.1 Å². The van der Waals surface area contributed by atoms with E-state index in [0.717, 1.165) is 4.90 Å². The van der Waals surface area contributed by atoms with E-state index in [9.17, 15) is 14.4 Å². The largest absolute Gasteiger partial charge is 0.324 e. The lowest BCUT2D eigenvalue weighted by Gasteiger charge is -2.30. The first kappa shape index (κ1) is 19.8. The van der Waals surface area contributed by atoms with Crippen molar-refractivity contribution in [1.82, 2.24) is 5.01 Å². The van der Waals surface area contributed by atoms with Gasteiger partial charge < -0.3 is 5.32 Å². The molecule has 156 valence electrons. The molecule has 7 nitrogen and oxygen atoms in total. The smallest absolute Gasteiger partial charge is 0.249 e. The van der Waals surface area contributed by atoms with Gasteiger partial charge in [-0.05, 0) is 54.6 Å². The molecule has 3 amide bonds. The lowest BCUT2D eigenvalue weighted by Crippen LogP contribution is -2.47. The second-order valence-electron chi connectivity index (χ2n) is 7.50. The van der Waals surface area contributed by atoms with Crippen LogP contribution in [0.15, 0.2) is 65.8 Å². The molecule has 1 N–H and O–H groups in total. The molecule has 2 aromatic rings. The maximum atomic E-state index is 13.4. The van der Waals surface area contributed by atoms with Crippen molar-refractivity contribution in [3.05, 3.63) is 70.7 Å². The van der Waals surface area contributed by atoms with Gasteiger partial charge in [0.25, 0.3) is 0 Å². The van der Waals surface area contributed by atoms with Crippen LogP contribution in [0.4, 0.5) is 11.4 Å². The minimum absolute atomic E-state index is 0.351. The van der Waals surface area contributed by atoms with Gasteiger partial charge in [-0.3, -0.25) is 19.4 Å². The summed E-state index contributed by atoms with van der Waals surface area (Å²) < 4.78 is 0. The summed E-state index contributed by atoms with van der Waals surface area (Å²) in [4.78, 5) is 41.1. The molecular formula is C22H16Cl2N4O3. The number of hydrogen-bond donors (Lipinski definition) is 1. The number of amides is 3.